The first-order chi connectivity index (χ1) is 9.67. The van der Waals surface area contributed by atoms with E-state index in [0.29, 0.717) is 0 Å². The number of hydrogen-bond donors (Lipinski definition) is 0. The summed E-state index contributed by atoms with van der Waals surface area (Å²) in [5, 5.41) is 1.06. The lowest BCUT2D eigenvalue weighted by molar-refractivity contribution is 0.110. The molecule has 0 spiro atoms. The van der Waals surface area contributed by atoms with E-state index in [-0.39, 0.29) is 0 Å². The van der Waals surface area contributed by atoms with Crippen molar-refractivity contribution >= 4 is 17.2 Å². The number of para-hydroxylation sites is 1. The molecule has 0 saturated carbocycles. The van der Waals surface area contributed by atoms with Gasteiger partial charge in [-0.15, -0.1) is 0 Å². The van der Waals surface area contributed by atoms with Crippen LogP contribution in [0, 0.1) is 11.8 Å². The molecular weight excluding hydrogens is 248 g/mol. The van der Waals surface area contributed by atoms with Crippen LogP contribution in [-0.2, 0) is 6.67 Å². The van der Waals surface area contributed by atoms with Crippen LogP contribution in [0.5, 0.6) is 0 Å². The molecule has 0 N–H and O–H groups in total. The minimum atomic E-state index is 0.756. The van der Waals surface area contributed by atoms with Crippen molar-refractivity contribution in [2.75, 3.05) is 13.1 Å². The first kappa shape index (κ1) is 13.4. The number of hydrogen-bond acceptors (Lipinski definition) is 2. The second kappa shape index (κ2) is 5.41. The molecule has 1 aromatic heterocycles. The Bertz CT molecular complexity index is 606. The van der Waals surface area contributed by atoms with Gasteiger partial charge in [0.2, 0.25) is 0 Å². The Hall–Kier alpha value is -1.61. The molecule has 1 aromatic carbocycles. The van der Waals surface area contributed by atoms with Gasteiger partial charge in [0, 0.05) is 35.8 Å². The van der Waals surface area contributed by atoms with Crippen molar-refractivity contribution in [2.24, 2.45) is 11.8 Å². The third-order valence-electron chi connectivity index (χ3n) is 4.24. The van der Waals surface area contributed by atoms with Gasteiger partial charge in [0.1, 0.15) is 0 Å². The number of rotatable bonds is 3. The van der Waals surface area contributed by atoms with Crippen molar-refractivity contribution < 1.29 is 4.79 Å². The molecule has 1 aliphatic heterocycles. The highest BCUT2D eigenvalue weighted by Crippen LogP contribution is 2.24. The van der Waals surface area contributed by atoms with Crippen molar-refractivity contribution in [1.82, 2.24) is 9.47 Å². The topological polar surface area (TPSA) is 25.2 Å². The van der Waals surface area contributed by atoms with Gasteiger partial charge in [-0.3, -0.25) is 9.69 Å². The zero-order valence-corrected chi connectivity index (χ0v) is 12.2. The zero-order valence-electron chi connectivity index (χ0n) is 12.2. The van der Waals surface area contributed by atoms with Crippen molar-refractivity contribution in [2.45, 2.75) is 26.9 Å². The molecule has 3 heteroatoms. The molecule has 0 amide bonds. The summed E-state index contributed by atoms with van der Waals surface area (Å²) < 4.78 is 2.21. The molecule has 2 atom stereocenters. The molecule has 3 rings (SSSR count). The number of carbonyl (C=O) groups is 1. The molecule has 1 saturated heterocycles. The predicted octanol–water partition coefficient (Wildman–Crippen LogP) is 3.39. The second-order valence-electron chi connectivity index (χ2n) is 6.31. The first-order valence-corrected chi connectivity index (χ1v) is 7.42. The molecule has 3 nitrogen and oxygen atoms in total. The summed E-state index contributed by atoms with van der Waals surface area (Å²) in [6, 6.07) is 8.15. The van der Waals surface area contributed by atoms with Gasteiger partial charge in [-0.2, -0.15) is 0 Å². The fourth-order valence-electron chi connectivity index (χ4n) is 3.61. The van der Waals surface area contributed by atoms with E-state index in [4.69, 9.17) is 0 Å². The molecule has 0 radical (unpaired) electrons. The maximum atomic E-state index is 11.2. The van der Waals surface area contributed by atoms with Crippen LogP contribution in [0.2, 0.25) is 0 Å². The zero-order chi connectivity index (χ0) is 14.1. The van der Waals surface area contributed by atoms with Crippen molar-refractivity contribution in [3.63, 3.8) is 0 Å². The third-order valence-corrected chi connectivity index (χ3v) is 4.24. The number of likely N-dealkylation sites (tertiary alicyclic amines) is 1. The lowest BCUT2D eigenvalue weighted by Gasteiger charge is -2.35. The number of benzene rings is 1. The predicted molar refractivity (Wildman–Crippen MR) is 81.8 cm³/mol. The molecule has 2 heterocycles. The van der Waals surface area contributed by atoms with Crippen molar-refractivity contribution in [3.05, 3.63) is 36.0 Å². The molecular formula is C17H22N2O. The van der Waals surface area contributed by atoms with Crippen LogP contribution in [0.4, 0.5) is 0 Å². The van der Waals surface area contributed by atoms with E-state index < -0.39 is 0 Å². The van der Waals surface area contributed by atoms with Crippen LogP contribution in [0.25, 0.3) is 10.9 Å². The van der Waals surface area contributed by atoms with Crippen LogP contribution < -0.4 is 0 Å². The third kappa shape index (κ3) is 2.50. The highest BCUT2D eigenvalue weighted by molar-refractivity contribution is 5.97. The van der Waals surface area contributed by atoms with Crippen LogP contribution in [0.3, 0.4) is 0 Å². The average Bonchev–Trinajstić information content (AvgIpc) is 2.76. The van der Waals surface area contributed by atoms with Gasteiger partial charge in [-0.05, 0) is 24.3 Å². The van der Waals surface area contributed by atoms with Gasteiger partial charge in [0.15, 0.2) is 6.29 Å². The Morgan fingerprint density at radius 1 is 1.20 bits per heavy atom. The fraction of sp³-hybridized carbons (Fsp3) is 0.471. The summed E-state index contributed by atoms with van der Waals surface area (Å²) >= 11 is 0. The van der Waals surface area contributed by atoms with Crippen LogP contribution in [-0.4, -0.2) is 28.8 Å². The second-order valence-corrected chi connectivity index (χ2v) is 6.31. The molecule has 20 heavy (non-hydrogen) atoms. The maximum absolute atomic E-state index is 11.2. The Morgan fingerprint density at radius 2 is 1.90 bits per heavy atom. The fourth-order valence-corrected chi connectivity index (χ4v) is 3.61. The molecule has 2 aromatic rings. The summed E-state index contributed by atoms with van der Waals surface area (Å²) in [4.78, 5) is 13.7. The summed E-state index contributed by atoms with van der Waals surface area (Å²) in [6.45, 7) is 7.82. The van der Waals surface area contributed by atoms with E-state index in [1.54, 1.807) is 0 Å². The monoisotopic (exact) mass is 270 g/mol. The Morgan fingerprint density at radius 3 is 2.60 bits per heavy atom. The molecule has 0 aliphatic carbocycles. The van der Waals surface area contributed by atoms with Gasteiger partial charge >= 0.3 is 0 Å². The smallest absolute Gasteiger partial charge is 0.152 e. The normalized spacial score (nSPS) is 24.1. The van der Waals surface area contributed by atoms with Gasteiger partial charge in [-0.1, -0.05) is 32.0 Å². The van der Waals surface area contributed by atoms with Crippen LogP contribution in [0.1, 0.15) is 30.6 Å². The maximum Gasteiger partial charge on any atom is 0.152 e. The van der Waals surface area contributed by atoms with Crippen LogP contribution >= 0.6 is 0 Å². The first-order valence-electron chi connectivity index (χ1n) is 7.42. The van der Waals surface area contributed by atoms with E-state index in [0.717, 1.165) is 54.3 Å². The number of piperidine rings is 1. The number of aromatic nitrogens is 1. The number of carbonyl (C=O) groups excluding carboxylic acids is 1. The van der Waals surface area contributed by atoms with E-state index >= 15 is 0 Å². The number of fused-ring (bicyclic) bond motifs is 1. The van der Waals surface area contributed by atoms with E-state index in [9.17, 15) is 4.79 Å². The largest absolute Gasteiger partial charge is 0.333 e. The highest BCUT2D eigenvalue weighted by atomic mass is 16.1. The summed E-state index contributed by atoms with van der Waals surface area (Å²) in [5.74, 6) is 1.51. The summed E-state index contributed by atoms with van der Waals surface area (Å²) in [7, 11) is 0. The standard InChI is InChI=1S/C17H22N2O/c1-13-7-14(2)9-18(8-13)12-19-10-15(11-20)16-5-3-4-6-17(16)19/h3-6,10-11,13-14H,7-9,12H2,1-2H3. The Labute approximate surface area is 120 Å². The SMILES string of the molecule is CC1CC(C)CN(Cn2cc(C=O)c3ccccc32)C1. The van der Waals surface area contributed by atoms with Gasteiger partial charge < -0.3 is 4.57 Å². The molecule has 1 aliphatic rings. The number of aldehydes is 1. The van der Waals surface area contributed by atoms with Crippen molar-refractivity contribution in [3.8, 4) is 0 Å². The van der Waals surface area contributed by atoms with Gasteiger partial charge in [0.05, 0.1) is 6.67 Å². The Balaban J connectivity index is 1.89. The van der Waals surface area contributed by atoms with Gasteiger partial charge in [0.25, 0.3) is 0 Å². The summed E-state index contributed by atoms with van der Waals surface area (Å²) in [5.41, 5.74) is 1.94. The molecule has 0 bridgehead atoms. The molecule has 2 unspecified atom stereocenters. The van der Waals surface area contributed by atoms with Crippen molar-refractivity contribution in [1.29, 1.82) is 0 Å². The van der Waals surface area contributed by atoms with E-state index in [1.165, 1.54) is 6.42 Å². The molecule has 106 valence electrons. The van der Waals surface area contributed by atoms with E-state index in [1.807, 2.05) is 24.4 Å². The molecule has 1 fully saturated rings. The number of nitrogens with zero attached hydrogens (tertiary/aromatic N) is 2. The quantitative estimate of drug-likeness (QED) is 0.799. The van der Waals surface area contributed by atoms with E-state index in [2.05, 4.69) is 29.4 Å². The minimum absolute atomic E-state index is 0.756. The van der Waals surface area contributed by atoms with Crippen LogP contribution in [0.15, 0.2) is 30.5 Å². The lowest BCUT2D eigenvalue weighted by atomic mass is 9.92. The summed E-state index contributed by atoms with van der Waals surface area (Å²) in [6.07, 6.45) is 4.27. The lowest BCUT2D eigenvalue weighted by Crippen LogP contribution is -2.39. The minimum Gasteiger partial charge on any atom is -0.333 e. The average molecular weight is 270 g/mol. The van der Waals surface area contributed by atoms with Gasteiger partial charge in [-0.25, -0.2) is 0 Å². The Kier molecular flexibility index (Phi) is 3.62. The highest BCUT2D eigenvalue weighted by Gasteiger charge is 2.22.